The van der Waals surface area contributed by atoms with Crippen LogP contribution in [0.4, 0.5) is 5.69 Å². The van der Waals surface area contributed by atoms with Crippen LogP contribution in [0.5, 0.6) is 5.75 Å². The Morgan fingerprint density at radius 3 is 2.97 bits per heavy atom. The predicted octanol–water partition coefficient (Wildman–Crippen LogP) is 5.80. The van der Waals surface area contributed by atoms with Crippen molar-refractivity contribution in [1.29, 1.82) is 0 Å². The second-order valence-corrected chi connectivity index (χ2v) is 7.50. The quantitative estimate of drug-likeness (QED) is 0.426. The molecule has 0 saturated heterocycles. The number of nitrogens with one attached hydrogen (secondary N) is 1. The molecule has 1 aliphatic carbocycles. The van der Waals surface area contributed by atoms with Crippen molar-refractivity contribution in [1.82, 2.24) is 4.98 Å². The number of nitrogens with zero attached hydrogens (tertiary/aromatic N) is 1. The molecule has 0 spiro atoms. The molecule has 0 bridgehead atoms. The molecule has 1 aliphatic rings. The van der Waals surface area contributed by atoms with E-state index in [1.807, 2.05) is 19.9 Å². The summed E-state index contributed by atoms with van der Waals surface area (Å²) >= 11 is 6.03. The van der Waals surface area contributed by atoms with Gasteiger partial charge >= 0.3 is 0 Å². The minimum Gasteiger partial charge on any atom is -0.493 e. The molecule has 0 fully saturated rings. The molecule has 1 N–H and O–H groups in total. The fourth-order valence-electron chi connectivity index (χ4n) is 3.79. The number of aromatic nitrogens is 1. The molecule has 0 atom stereocenters. The van der Waals surface area contributed by atoms with Crippen LogP contribution in [-0.4, -0.2) is 17.5 Å². The Morgan fingerprint density at radius 1 is 1.34 bits per heavy atom. The van der Waals surface area contributed by atoms with Gasteiger partial charge in [0.05, 0.1) is 12.3 Å². The molecular formula is C23H23ClN2O3. The fraction of sp³-hybridized carbons (Fsp3) is 0.304. The lowest BCUT2D eigenvalue weighted by Gasteiger charge is -2.12. The van der Waals surface area contributed by atoms with Crippen molar-refractivity contribution in [2.45, 2.75) is 39.5 Å². The summed E-state index contributed by atoms with van der Waals surface area (Å²) in [5.74, 6) is 1.53. The number of anilines is 1. The largest absolute Gasteiger partial charge is 0.493 e. The van der Waals surface area contributed by atoms with Gasteiger partial charge in [-0.05, 0) is 56.9 Å². The zero-order valence-electron chi connectivity index (χ0n) is 16.5. The van der Waals surface area contributed by atoms with Crippen LogP contribution in [0.1, 0.15) is 43.6 Å². The fourth-order valence-corrected chi connectivity index (χ4v) is 3.96. The van der Waals surface area contributed by atoms with Gasteiger partial charge in [-0.2, -0.15) is 0 Å². The minimum atomic E-state index is -0.269. The van der Waals surface area contributed by atoms with E-state index in [9.17, 15) is 4.79 Å². The van der Waals surface area contributed by atoms with Gasteiger partial charge in [0, 0.05) is 41.3 Å². The summed E-state index contributed by atoms with van der Waals surface area (Å²) in [6, 6.07) is 7.47. The molecule has 6 heteroatoms. The van der Waals surface area contributed by atoms with Crippen molar-refractivity contribution in [3.63, 3.8) is 0 Å². The second-order valence-electron chi connectivity index (χ2n) is 7.15. The highest BCUT2D eigenvalue weighted by atomic mass is 35.5. The number of furan rings is 1. The first-order valence-electron chi connectivity index (χ1n) is 9.88. The average Bonchev–Trinajstić information content (AvgIpc) is 3.06. The van der Waals surface area contributed by atoms with Crippen LogP contribution < -0.4 is 10.1 Å². The first-order valence-corrected chi connectivity index (χ1v) is 10.3. The maximum Gasteiger partial charge on any atom is 0.248 e. The number of allylic oxidation sites excluding steroid dienone is 1. The predicted molar refractivity (Wildman–Crippen MR) is 116 cm³/mol. The van der Waals surface area contributed by atoms with Crippen molar-refractivity contribution in [3.05, 3.63) is 58.6 Å². The van der Waals surface area contributed by atoms with Gasteiger partial charge in [-0.15, -0.1) is 0 Å². The first kappa shape index (κ1) is 19.5. The molecule has 29 heavy (non-hydrogen) atoms. The molecule has 1 amide bonds. The molecule has 2 aromatic heterocycles. The Hall–Kier alpha value is -2.79. The van der Waals surface area contributed by atoms with Crippen LogP contribution in [-0.2, 0) is 17.6 Å². The number of benzene rings is 1. The summed E-state index contributed by atoms with van der Waals surface area (Å²) in [7, 11) is 0. The maximum atomic E-state index is 12.5. The highest BCUT2D eigenvalue weighted by Crippen LogP contribution is 2.38. The summed E-state index contributed by atoms with van der Waals surface area (Å²) < 4.78 is 11.9. The molecule has 0 saturated carbocycles. The number of pyridine rings is 1. The van der Waals surface area contributed by atoms with Crippen molar-refractivity contribution < 1.29 is 13.9 Å². The number of amides is 1. The average molecular weight is 411 g/mol. The van der Waals surface area contributed by atoms with Gasteiger partial charge in [-0.3, -0.25) is 4.79 Å². The van der Waals surface area contributed by atoms with Gasteiger partial charge in [-0.25, -0.2) is 4.98 Å². The van der Waals surface area contributed by atoms with E-state index in [0.29, 0.717) is 18.0 Å². The summed E-state index contributed by atoms with van der Waals surface area (Å²) in [4.78, 5) is 16.5. The lowest BCUT2D eigenvalue weighted by molar-refractivity contribution is -0.111. The number of carbonyl (C=O) groups excluding carboxylic acids is 1. The lowest BCUT2D eigenvalue weighted by atomic mass is 9.94. The zero-order valence-corrected chi connectivity index (χ0v) is 17.3. The summed E-state index contributed by atoms with van der Waals surface area (Å²) in [6.45, 7) is 4.38. The molecule has 3 aromatic rings. The molecular weight excluding hydrogens is 388 g/mol. The third-order valence-corrected chi connectivity index (χ3v) is 5.45. The maximum absolute atomic E-state index is 12.5. The summed E-state index contributed by atoms with van der Waals surface area (Å²) in [6.07, 6.45) is 7.47. The van der Waals surface area contributed by atoms with E-state index >= 15 is 0 Å². The van der Waals surface area contributed by atoms with E-state index in [4.69, 9.17) is 20.8 Å². The number of aryl methyl sites for hydroxylation is 2. The Morgan fingerprint density at radius 2 is 2.17 bits per heavy atom. The standard InChI is InChI=1S/C23H23ClN2O3/c1-3-28-20-13-21-17(15-7-4-5-9-19(15)29-21)12-16(20)14(2)11-22(27)26-18-8-6-10-25-23(18)24/h6,8,10-13H,3-5,7,9H2,1-2H3,(H,26,27)/b14-11+. The monoisotopic (exact) mass is 410 g/mol. The van der Waals surface area contributed by atoms with Crippen LogP contribution >= 0.6 is 11.6 Å². The molecule has 5 nitrogen and oxygen atoms in total. The van der Waals surface area contributed by atoms with Gasteiger partial charge in [0.25, 0.3) is 0 Å². The van der Waals surface area contributed by atoms with E-state index in [-0.39, 0.29) is 11.1 Å². The Kier molecular flexibility index (Phi) is 5.58. The van der Waals surface area contributed by atoms with Crippen LogP contribution in [0.3, 0.4) is 0 Å². The zero-order chi connectivity index (χ0) is 20.4. The van der Waals surface area contributed by atoms with E-state index < -0.39 is 0 Å². The van der Waals surface area contributed by atoms with Crippen molar-refractivity contribution in [2.75, 3.05) is 11.9 Å². The van der Waals surface area contributed by atoms with Crippen LogP contribution in [0.2, 0.25) is 5.15 Å². The molecule has 150 valence electrons. The Balaban J connectivity index is 1.70. The number of ether oxygens (including phenoxy) is 1. The molecule has 0 aliphatic heterocycles. The number of hydrogen-bond donors (Lipinski definition) is 1. The number of rotatable bonds is 5. The molecule has 1 aromatic carbocycles. The molecule has 0 radical (unpaired) electrons. The smallest absolute Gasteiger partial charge is 0.248 e. The van der Waals surface area contributed by atoms with E-state index in [1.165, 1.54) is 12.0 Å². The lowest BCUT2D eigenvalue weighted by Crippen LogP contribution is -2.09. The number of fused-ring (bicyclic) bond motifs is 3. The van der Waals surface area contributed by atoms with Crippen LogP contribution in [0.15, 0.2) is 41.0 Å². The van der Waals surface area contributed by atoms with E-state index in [1.54, 1.807) is 24.4 Å². The van der Waals surface area contributed by atoms with Gasteiger partial charge in [0.2, 0.25) is 5.91 Å². The normalized spacial score (nSPS) is 14.0. The van der Waals surface area contributed by atoms with E-state index in [0.717, 1.165) is 47.1 Å². The number of carbonyl (C=O) groups is 1. The van der Waals surface area contributed by atoms with E-state index in [2.05, 4.69) is 16.4 Å². The molecule has 4 rings (SSSR count). The highest BCUT2D eigenvalue weighted by Gasteiger charge is 2.20. The highest BCUT2D eigenvalue weighted by molar-refractivity contribution is 6.32. The number of halogens is 1. The van der Waals surface area contributed by atoms with Crippen LogP contribution in [0.25, 0.3) is 16.5 Å². The second kappa shape index (κ2) is 8.29. The van der Waals surface area contributed by atoms with Crippen LogP contribution in [0, 0.1) is 0 Å². The van der Waals surface area contributed by atoms with Crippen molar-refractivity contribution in [2.24, 2.45) is 0 Å². The number of hydrogen-bond acceptors (Lipinski definition) is 4. The minimum absolute atomic E-state index is 0.258. The van der Waals surface area contributed by atoms with Gasteiger partial charge in [-0.1, -0.05) is 11.6 Å². The summed E-state index contributed by atoms with van der Waals surface area (Å²) in [5.41, 5.74) is 4.31. The molecule has 0 unspecified atom stereocenters. The third-order valence-electron chi connectivity index (χ3n) is 5.15. The topological polar surface area (TPSA) is 64.4 Å². The Bertz CT molecular complexity index is 1100. The van der Waals surface area contributed by atoms with Gasteiger partial charge < -0.3 is 14.5 Å². The van der Waals surface area contributed by atoms with Gasteiger partial charge in [0.15, 0.2) is 5.15 Å². The summed E-state index contributed by atoms with van der Waals surface area (Å²) in [5, 5.41) is 4.15. The van der Waals surface area contributed by atoms with Crippen molar-refractivity contribution in [3.8, 4) is 5.75 Å². The molecule has 2 heterocycles. The Labute approximate surface area is 174 Å². The van der Waals surface area contributed by atoms with Crippen molar-refractivity contribution >= 4 is 39.7 Å². The first-order chi connectivity index (χ1) is 14.1. The van der Waals surface area contributed by atoms with Gasteiger partial charge in [0.1, 0.15) is 17.1 Å². The third kappa shape index (κ3) is 4.01. The SMILES string of the molecule is CCOc1cc2oc3c(c2cc1/C(C)=C/C(=O)Nc1cccnc1Cl)CCCC3.